The van der Waals surface area contributed by atoms with Crippen molar-refractivity contribution in [3.63, 3.8) is 0 Å². The minimum atomic E-state index is -0.293. The molecule has 18 heavy (non-hydrogen) atoms. The van der Waals surface area contributed by atoms with Crippen molar-refractivity contribution in [1.82, 2.24) is 9.55 Å². The zero-order chi connectivity index (χ0) is 13.1. The van der Waals surface area contributed by atoms with Gasteiger partial charge in [0.2, 0.25) is 0 Å². The summed E-state index contributed by atoms with van der Waals surface area (Å²) >= 11 is 0. The van der Waals surface area contributed by atoms with Crippen LogP contribution in [-0.2, 0) is 7.05 Å². The zero-order valence-electron chi connectivity index (χ0n) is 10.2. The average molecular weight is 246 g/mol. The van der Waals surface area contributed by atoms with E-state index in [1.54, 1.807) is 42.3 Å². The maximum atomic E-state index is 11.9. The molecule has 6 nitrogen and oxygen atoms in total. The van der Waals surface area contributed by atoms with Crippen LogP contribution in [0.4, 0.5) is 11.4 Å². The lowest BCUT2D eigenvalue weighted by molar-refractivity contribution is 0.102. The van der Waals surface area contributed by atoms with Crippen LogP contribution in [0.1, 0.15) is 10.5 Å². The molecule has 3 N–H and O–H groups in total. The van der Waals surface area contributed by atoms with Gasteiger partial charge in [0.15, 0.2) is 0 Å². The van der Waals surface area contributed by atoms with E-state index in [1.807, 2.05) is 0 Å². The van der Waals surface area contributed by atoms with Crippen LogP contribution in [-0.4, -0.2) is 22.6 Å². The van der Waals surface area contributed by atoms with Gasteiger partial charge in [-0.05, 0) is 12.1 Å². The molecule has 2 aromatic rings. The predicted molar refractivity (Wildman–Crippen MR) is 68.6 cm³/mol. The highest BCUT2D eigenvalue weighted by Gasteiger charge is 2.11. The molecule has 1 heterocycles. The van der Waals surface area contributed by atoms with Gasteiger partial charge in [-0.15, -0.1) is 0 Å². The normalized spacial score (nSPS) is 10.1. The highest BCUT2D eigenvalue weighted by molar-refractivity contribution is 6.03. The van der Waals surface area contributed by atoms with Gasteiger partial charge in [-0.3, -0.25) is 4.79 Å². The van der Waals surface area contributed by atoms with Crippen LogP contribution >= 0.6 is 0 Å². The molecule has 0 spiro atoms. The summed E-state index contributed by atoms with van der Waals surface area (Å²) < 4.78 is 6.85. The van der Waals surface area contributed by atoms with Crippen LogP contribution in [0.25, 0.3) is 0 Å². The van der Waals surface area contributed by atoms with Crippen molar-refractivity contribution in [1.29, 1.82) is 0 Å². The van der Waals surface area contributed by atoms with Gasteiger partial charge in [-0.1, -0.05) is 0 Å². The van der Waals surface area contributed by atoms with E-state index < -0.39 is 0 Å². The molecule has 2 rings (SSSR count). The smallest absolute Gasteiger partial charge is 0.275 e. The molecule has 1 amide bonds. The van der Waals surface area contributed by atoms with E-state index in [9.17, 15) is 4.79 Å². The zero-order valence-corrected chi connectivity index (χ0v) is 10.2. The second-order valence-electron chi connectivity index (χ2n) is 3.84. The Morgan fingerprint density at radius 2 is 2.28 bits per heavy atom. The van der Waals surface area contributed by atoms with Crippen molar-refractivity contribution in [3.05, 3.63) is 36.4 Å². The van der Waals surface area contributed by atoms with Crippen LogP contribution in [0.15, 0.2) is 30.7 Å². The Hall–Kier alpha value is -2.50. The number of methoxy groups -OCH3 is 1. The molecule has 1 aromatic heterocycles. The van der Waals surface area contributed by atoms with E-state index >= 15 is 0 Å². The van der Waals surface area contributed by atoms with Crippen molar-refractivity contribution >= 4 is 17.3 Å². The number of hydrogen-bond donors (Lipinski definition) is 2. The van der Waals surface area contributed by atoms with Crippen LogP contribution in [0.5, 0.6) is 5.75 Å². The van der Waals surface area contributed by atoms with Gasteiger partial charge in [0.25, 0.3) is 5.91 Å². The summed E-state index contributed by atoms with van der Waals surface area (Å²) in [5.74, 6) is 0.220. The lowest BCUT2D eigenvalue weighted by atomic mass is 10.2. The number of amides is 1. The topological polar surface area (TPSA) is 82.2 Å². The molecule has 94 valence electrons. The second kappa shape index (κ2) is 4.79. The lowest BCUT2D eigenvalue weighted by Gasteiger charge is -2.09. The quantitative estimate of drug-likeness (QED) is 0.799. The highest BCUT2D eigenvalue weighted by atomic mass is 16.5. The Balaban J connectivity index is 2.21. The van der Waals surface area contributed by atoms with Gasteiger partial charge in [-0.25, -0.2) is 4.98 Å². The fourth-order valence-electron chi connectivity index (χ4n) is 1.53. The standard InChI is InChI=1S/C12H14N4O2/c1-16-6-10(14-7-16)12(17)15-9-4-3-8(13)5-11(9)18-2/h3-7H,13H2,1-2H3,(H,15,17). The fourth-order valence-corrected chi connectivity index (χ4v) is 1.53. The summed E-state index contributed by atoms with van der Waals surface area (Å²) in [6, 6.07) is 5.03. The number of aromatic nitrogens is 2. The number of imidazole rings is 1. The second-order valence-corrected chi connectivity index (χ2v) is 3.84. The first-order chi connectivity index (χ1) is 8.60. The van der Waals surface area contributed by atoms with Gasteiger partial charge in [0, 0.05) is 25.0 Å². The number of aryl methyl sites for hydroxylation is 1. The number of nitrogens with two attached hydrogens (primary N) is 1. The van der Waals surface area contributed by atoms with Gasteiger partial charge >= 0.3 is 0 Å². The number of ether oxygens (including phenoxy) is 1. The van der Waals surface area contributed by atoms with Gasteiger partial charge < -0.3 is 20.4 Å². The van der Waals surface area contributed by atoms with E-state index in [1.165, 1.54) is 7.11 Å². The third-order valence-electron chi connectivity index (χ3n) is 2.41. The summed E-state index contributed by atoms with van der Waals surface area (Å²) in [4.78, 5) is 15.9. The number of anilines is 2. The van der Waals surface area contributed by atoms with E-state index in [0.717, 1.165) is 0 Å². The van der Waals surface area contributed by atoms with E-state index in [2.05, 4.69) is 10.3 Å². The molecule has 0 aliphatic carbocycles. The number of carbonyl (C=O) groups is 1. The maximum Gasteiger partial charge on any atom is 0.275 e. The molecule has 0 bridgehead atoms. The number of nitrogens with one attached hydrogen (secondary N) is 1. The molecule has 0 unspecified atom stereocenters. The van der Waals surface area contributed by atoms with Crippen molar-refractivity contribution in [2.75, 3.05) is 18.2 Å². The van der Waals surface area contributed by atoms with Crippen LogP contribution in [0, 0.1) is 0 Å². The maximum absolute atomic E-state index is 11.9. The van der Waals surface area contributed by atoms with E-state index in [4.69, 9.17) is 10.5 Å². The number of hydrogen-bond acceptors (Lipinski definition) is 4. The van der Waals surface area contributed by atoms with Crippen molar-refractivity contribution < 1.29 is 9.53 Å². The molecular formula is C12H14N4O2. The highest BCUT2D eigenvalue weighted by Crippen LogP contribution is 2.26. The Morgan fingerprint density at radius 1 is 1.50 bits per heavy atom. The first kappa shape index (κ1) is 12.0. The summed E-state index contributed by atoms with van der Waals surface area (Å²) in [5.41, 5.74) is 7.11. The molecule has 0 aliphatic rings. The summed E-state index contributed by atoms with van der Waals surface area (Å²) in [7, 11) is 3.32. The molecule has 6 heteroatoms. The number of carbonyl (C=O) groups excluding carboxylic acids is 1. The van der Waals surface area contributed by atoms with Crippen molar-refractivity contribution in [3.8, 4) is 5.75 Å². The van der Waals surface area contributed by atoms with Gasteiger partial charge in [0.05, 0.1) is 19.1 Å². The van der Waals surface area contributed by atoms with Crippen molar-refractivity contribution in [2.24, 2.45) is 7.05 Å². The van der Waals surface area contributed by atoms with Gasteiger partial charge in [-0.2, -0.15) is 0 Å². The molecule has 0 fully saturated rings. The fraction of sp³-hybridized carbons (Fsp3) is 0.167. The minimum absolute atomic E-state index is 0.293. The predicted octanol–water partition coefficient (Wildman–Crippen LogP) is 1.26. The Morgan fingerprint density at radius 3 is 2.89 bits per heavy atom. The third-order valence-corrected chi connectivity index (χ3v) is 2.41. The van der Waals surface area contributed by atoms with Crippen LogP contribution < -0.4 is 15.8 Å². The number of nitrogen functional groups attached to an aromatic ring is 1. The Bertz CT molecular complexity index is 577. The number of benzene rings is 1. The van der Waals surface area contributed by atoms with Crippen molar-refractivity contribution in [2.45, 2.75) is 0 Å². The molecule has 0 saturated carbocycles. The van der Waals surface area contributed by atoms with Crippen LogP contribution in [0.3, 0.4) is 0 Å². The number of nitrogens with zero attached hydrogens (tertiary/aromatic N) is 2. The summed E-state index contributed by atoms with van der Waals surface area (Å²) in [6.07, 6.45) is 3.20. The Labute approximate surface area is 104 Å². The van der Waals surface area contributed by atoms with Gasteiger partial charge in [0.1, 0.15) is 11.4 Å². The number of rotatable bonds is 3. The first-order valence-electron chi connectivity index (χ1n) is 5.33. The molecular weight excluding hydrogens is 232 g/mol. The first-order valence-corrected chi connectivity index (χ1v) is 5.33. The molecule has 0 aliphatic heterocycles. The van der Waals surface area contributed by atoms with E-state index in [-0.39, 0.29) is 5.91 Å². The summed E-state index contributed by atoms with van der Waals surface area (Å²) in [6.45, 7) is 0. The minimum Gasteiger partial charge on any atom is -0.494 e. The largest absolute Gasteiger partial charge is 0.494 e. The van der Waals surface area contributed by atoms with E-state index in [0.29, 0.717) is 22.8 Å². The SMILES string of the molecule is COc1cc(N)ccc1NC(=O)c1cn(C)cn1. The molecule has 1 aromatic carbocycles. The average Bonchev–Trinajstić information content (AvgIpc) is 2.78. The van der Waals surface area contributed by atoms with Crippen LogP contribution in [0.2, 0.25) is 0 Å². The monoisotopic (exact) mass is 246 g/mol. The molecule has 0 atom stereocenters. The Kier molecular flexibility index (Phi) is 3.18. The molecule has 0 saturated heterocycles. The summed E-state index contributed by atoms with van der Waals surface area (Å²) in [5, 5.41) is 2.72. The molecule has 0 radical (unpaired) electrons. The lowest BCUT2D eigenvalue weighted by Crippen LogP contribution is -2.13. The third kappa shape index (κ3) is 2.42.